The van der Waals surface area contributed by atoms with E-state index in [4.69, 9.17) is 4.74 Å². The summed E-state index contributed by atoms with van der Waals surface area (Å²) in [6.45, 7) is 4.88. The standard InChI is InChI=1S/C27H29NO2/c1-19(2)21-14-16-22(17-15-21)28-27(29)25-12-6-11-24-23(25)10-7-13-26(24)30-18-20-8-4-3-5-9-20/h3-5,7-10,13-17,19,25H,6,11-12,18H2,1-2H3,(H,28,29). The van der Waals surface area contributed by atoms with Crippen molar-refractivity contribution in [2.75, 3.05) is 5.32 Å². The molecule has 154 valence electrons. The molecule has 3 nitrogen and oxygen atoms in total. The average molecular weight is 400 g/mol. The van der Waals surface area contributed by atoms with E-state index in [1.807, 2.05) is 42.5 Å². The summed E-state index contributed by atoms with van der Waals surface area (Å²) in [5, 5.41) is 3.12. The van der Waals surface area contributed by atoms with Gasteiger partial charge in [0.1, 0.15) is 12.4 Å². The lowest BCUT2D eigenvalue weighted by atomic mass is 9.81. The zero-order valence-electron chi connectivity index (χ0n) is 17.7. The van der Waals surface area contributed by atoms with Crippen molar-refractivity contribution < 1.29 is 9.53 Å². The molecule has 0 spiro atoms. The van der Waals surface area contributed by atoms with Gasteiger partial charge in [-0.3, -0.25) is 4.79 Å². The van der Waals surface area contributed by atoms with Crippen molar-refractivity contribution >= 4 is 11.6 Å². The van der Waals surface area contributed by atoms with Crippen LogP contribution in [0.3, 0.4) is 0 Å². The van der Waals surface area contributed by atoms with E-state index in [0.29, 0.717) is 12.5 Å². The molecule has 3 heteroatoms. The van der Waals surface area contributed by atoms with E-state index in [1.165, 1.54) is 11.1 Å². The number of fused-ring (bicyclic) bond motifs is 1. The maximum atomic E-state index is 13.1. The number of nitrogens with one attached hydrogen (secondary N) is 1. The lowest BCUT2D eigenvalue weighted by molar-refractivity contribution is -0.117. The number of anilines is 1. The molecule has 1 aliphatic rings. The predicted octanol–water partition coefficient (Wildman–Crippen LogP) is 6.45. The van der Waals surface area contributed by atoms with Crippen LogP contribution in [0, 0.1) is 0 Å². The first kappa shape index (κ1) is 20.2. The average Bonchev–Trinajstić information content (AvgIpc) is 2.78. The topological polar surface area (TPSA) is 38.3 Å². The van der Waals surface area contributed by atoms with Gasteiger partial charge in [-0.15, -0.1) is 0 Å². The molecule has 0 radical (unpaired) electrons. The molecule has 0 aromatic heterocycles. The summed E-state index contributed by atoms with van der Waals surface area (Å²) in [6.07, 6.45) is 2.81. The van der Waals surface area contributed by atoms with E-state index < -0.39 is 0 Å². The Morgan fingerprint density at radius 1 is 1.00 bits per heavy atom. The zero-order valence-corrected chi connectivity index (χ0v) is 17.7. The third kappa shape index (κ3) is 4.56. The maximum absolute atomic E-state index is 13.1. The molecular formula is C27H29NO2. The normalized spacial score (nSPS) is 15.5. The van der Waals surface area contributed by atoms with Crippen molar-refractivity contribution in [1.82, 2.24) is 0 Å². The minimum Gasteiger partial charge on any atom is -0.489 e. The molecule has 3 aromatic rings. The van der Waals surface area contributed by atoms with Crippen molar-refractivity contribution in [1.29, 1.82) is 0 Å². The number of benzene rings is 3. The van der Waals surface area contributed by atoms with Crippen molar-refractivity contribution in [3.63, 3.8) is 0 Å². The van der Waals surface area contributed by atoms with Crippen molar-refractivity contribution in [2.24, 2.45) is 0 Å². The fraction of sp³-hybridized carbons (Fsp3) is 0.296. The number of hydrogen-bond donors (Lipinski definition) is 1. The number of rotatable bonds is 6. The highest BCUT2D eigenvalue weighted by Gasteiger charge is 2.28. The van der Waals surface area contributed by atoms with Gasteiger partial charge in [0.15, 0.2) is 0 Å². The first-order valence-corrected chi connectivity index (χ1v) is 10.8. The largest absolute Gasteiger partial charge is 0.489 e. The van der Waals surface area contributed by atoms with Gasteiger partial charge >= 0.3 is 0 Å². The summed E-state index contributed by atoms with van der Waals surface area (Å²) < 4.78 is 6.14. The number of carbonyl (C=O) groups excluding carboxylic acids is 1. The Balaban J connectivity index is 1.49. The number of amides is 1. The summed E-state index contributed by atoms with van der Waals surface area (Å²) in [6, 6.07) is 24.5. The molecule has 1 amide bonds. The van der Waals surface area contributed by atoms with Crippen molar-refractivity contribution in [2.45, 2.75) is 51.6 Å². The van der Waals surface area contributed by atoms with Crippen LogP contribution in [0.5, 0.6) is 5.75 Å². The Morgan fingerprint density at radius 2 is 1.77 bits per heavy atom. The summed E-state index contributed by atoms with van der Waals surface area (Å²) in [7, 11) is 0. The van der Waals surface area contributed by atoms with Gasteiger partial charge in [0.25, 0.3) is 0 Å². The molecule has 0 fully saturated rings. The second-order valence-electron chi connectivity index (χ2n) is 8.31. The molecule has 1 aliphatic carbocycles. The number of ether oxygens (including phenoxy) is 1. The number of carbonyl (C=O) groups is 1. The van der Waals surface area contributed by atoms with E-state index >= 15 is 0 Å². The second-order valence-corrected chi connectivity index (χ2v) is 8.31. The van der Waals surface area contributed by atoms with Crippen LogP contribution in [0.25, 0.3) is 0 Å². The van der Waals surface area contributed by atoms with Crippen molar-refractivity contribution in [3.8, 4) is 5.75 Å². The SMILES string of the molecule is CC(C)c1ccc(NC(=O)C2CCCc3c(OCc4ccccc4)cccc32)cc1. The highest BCUT2D eigenvalue weighted by atomic mass is 16.5. The molecule has 1 atom stereocenters. The van der Waals surface area contributed by atoms with Gasteiger partial charge in [-0.25, -0.2) is 0 Å². The predicted molar refractivity (Wildman–Crippen MR) is 122 cm³/mol. The molecule has 0 aliphatic heterocycles. The zero-order chi connectivity index (χ0) is 20.9. The van der Waals surface area contributed by atoms with E-state index in [-0.39, 0.29) is 11.8 Å². The van der Waals surface area contributed by atoms with Crippen LogP contribution < -0.4 is 10.1 Å². The van der Waals surface area contributed by atoms with Gasteiger partial charge in [0.2, 0.25) is 5.91 Å². The molecule has 30 heavy (non-hydrogen) atoms. The first-order chi connectivity index (χ1) is 14.6. The molecule has 3 aromatic carbocycles. The van der Waals surface area contributed by atoms with E-state index in [9.17, 15) is 4.79 Å². The summed E-state index contributed by atoms with van der Waals surface area (Å²) in [4.78, 5) is 13.1. The van der Waals surface area contributed by atoms with Gasteiger partial charge in [-0.1, -0.05) is 68.4 Å². The summed E-state index contributed by atoms with van der Waals surface area (Å²) >= 11 is 0. The molecular weight excluding hydrogens is 370 g/mol. The Bertz CT molecular complexity index is 993. The fourth-order valence-electron chi connectivity index (χ4n) is 4.14. The highest BCUT2D eigenvalue weighted by molar-refractivity contribution is 5.96. The van der Waals surface area contributed by atoms with Gasteiger partial charge in [0.05, 0.1) is 5.92 Å². The van der Waals surface area contributed by atoms with E-state index in [1.54, 1.807) is 0 Å². The molecule has 1 unspecified atom stereocenters. The second kappa shape index (κ2) is 9.17. The maximum Gasteiger partial charge on any atom is 0.231 e. The van der Waals surface area contributed by atoms with Gasteiger partial charge in [-0.2, -0.15) is 0 Å². The molecule has 0 saturated heterocycles. The Morgan fingerprint density at radius 3 is 2.50 bits per heavy atom. The van der Waals surface area contributed by atoms with Crippen LogP contribution in [0.2, 0.25) is 0 Å². The lowest BCUT2D eigenvalue weighted by Crippen LogP contribution is -2.25. The Kier molecular flexibility index (Phi) is 6.18. The minimum atomic E-state index is -0.140. The van der Waals surface area contributed by atoms with Crippen LogP contribution in [-0.2, 0) is 17.8 Å². The van der Waals surface area contributed by atoms with Gasteiger partial charge < -0.3 is 10.1 Å². The van der Waals surface area contributed by atoms with Crippen LogP contribution in [-0.4, -0.2) is 5.91 Å². The number of hydrogen-bond acceptors (Lipinski definition) is 2. The fourth-order valence-corrected chi connectivity index (χ4v) is 4.14. The molecule has 1 N–H and O–H groups in total. The summed E-state index contributed by atoms with van der Waals surface area (Å²) in [5.41, 5.74) is 5.55. The Labute approximate surface area is 179 Å². The van der Waals surface area contributed by atoms with Crippen LogP contribution >= 0.6 is 0 Å². The minimum absolute atomic E-state index is 0.0634. The Hall–Kier alpha value is -3.07. The molecule has 0 saturated carbocycles. The first-order valence-electron chi connectivity index (χ1n) is 10.8. The van der Waals surface area contributed by atoms with Crippen molar-refractivity contribution in [3.05, 3.63) is 95.1 Å². The third-order valence-electron chi connectivity index (χ3n) is 5.86. The summed E-state index contributed by atoms with van der Waals surface area (Å²) in [5.74, 6) is 1.30. The van der Waals surface area contributed by atoms with Gasteiger partial charge in [-0.05, 0) is 65.6 Å². The van der Waals surface area contributed by atoms with E-state index in [0.717, 1.165) is 41.8 Å². The van der Waals surface area contributed by atoms with Crippen LogP contribution in [0.1, 0.15) is 60.8 Å². The smallest absolute Gasteiger partial charge is 0.231 e. The van der Waals surface area contributed by atoms with Gasteiger partial charge in [0, 0.05) is 5.69 Å². The van der Waals surface area contributed by atoms with E-state index in [2.05, 4.69) is 49.5 Å². The molecule has 4 rings (SSSR count). The van der Waals surface area contributed by atoms with Crippen LogP contribution in [0.4, 0.5) is 5.69 Å². The highest BCUT2D eigenvalue weighted by Crippen LogP contribution is 2.37. The lowest BCUT2D eigenvalue weighted by Gasteiger charge is -2.26. The molecule has 0 heterocycles. The van der Waals surface area contributed by atoms with Crippen LogP contribution in [0.15, 0.2) is 72.8 Å². The third-order valence-corrected chi connectivity index (χ3v) is 5.86. The quantitative estimate of drug-likeness (QED) is 0.517. The molecule has 0 bridgehead atoms. The monoisotopic (exact) mass is 399 g/mol.